The maximum Gasteiger partial charge on any atom is 0.0880 e. The summed E-state index contributed by atoms with van der Waals surface area (Å²) in [5.74, 6) is 0.841. The average Bonchev–Trinajstić information content (AvgIpc) is 2.78. The molecule has 1 N–H and O–H groups in total. The van der Waals surface area contributed by atoms with Crippen molar-refractivity contribution in [3.05, 3.63) is 35.4 Å². The maximum atomic E-state index is 10.1. The highest BCUT2D eigenvalue weighted by atomic mass is 32.2. The molecule has 16 heavy (non-hydrogen) atoms. The van der Waals surface area contributed by atoms with E-state index in [-0.39, 0.29) is 6.10 Å². The quantitative estimate of drug-likeness (QED) is 0.860. The standard InChI is InChI=1S/C14H20OS/c1-11-5-4-6-12(9-11)14(15)10-16-13-7-2-3-8-13/h4-6,9,13-15H,2-3,7-8,10H2,1H3. The Morgan fingerprint density at radius 1 is 1.38 bits per heavy atom. The van der Waals surface area contributed by atoms with Gasteiger partial charge in [0.25, 0.3) is 0 Å². The molecule has 1 aromatic rings. The van der Waals surface area contributed by atoms with E-state index in [1.165, 1.54) is 31.2 Å². The van der Waals surface area contributed by atoms with Gasteiger partial charge in [-0.2, -0.15) is 11.8 Å². The fraction of sp³-hybridized carbons (Fsp3) is 0.571. The van der Waals surface area contributed by atoms with E-state index in [4.69, 9.17) is 0 Å². The molecule has 1 aliphatic carbocycles. The Morgan fingerprint density at radius 3 is 2.81 bits per heavy atom. The highest BCUT2D eigenvalue weighted by Gasteiger charge is 2.17. The van der Waals surface area contributed by atoms with Gasteiger partial charge in [0.15, 0.2) is 0 Å². The normalized spacial score (nSPS) is 18.9. The van der Waals surface area contributed by atoms with Crippen molar-refractivity contribution in [1.29, 1.82) is 0 Å². The van der Waals surface area contributed by atoms with E-state index >= 15 is 0 Å². The first-order valence-electron chi connectivity index (χ1n) is 6.12. The summed E-state index contributed by atoms with van der Waals surface area (Å²) >= 11 is 1.94. The van der Waals surface area contributed by atoms with Crippen LogP contribution in [0, 0.1) is 6.92 Å². The van der Waals surface area contributed by atoms with Crippen LogP contribution in [0.15, 0.2) is 24.3 Å². The highest BCUT2D eigenvalue weighted by Crippen LogP contribution is 2.32. The lowest BCUT2D eigenvalue weighted by molar-refractivity contribution is 0.204. The third-order valence-electron chi connectivity index (χ3n) is 3.22. The number of benzene rings is 1. The van der Waals surface area contributed by atoms with E-state index < -0.39 is 0 Å². The number of aliphatic hydroxyl groups excluding tert-OH is 1. The molecule has 1 aromatic carbocycles. The molecule has 1 fully saturated rings. The van der Waals surface area contributed by atoms with Crippen LogP contribution in [0.4, 0.5) is 0 Å². The second kappa shape index (κ2) is 5.74. The molecule has 1 aliphatic rings. The van der Waals surface area contributed by atoms with Crippen molar-refractivity contribution < 1.29 is 5.11 Å². The summed E-state index contributed by atoms with van der Waals surface area (Å²) in [5, 5.41) is 10.9. The van der Waals surface area contributed by atoms with Crippen LogP contribution in [-0.2, 0) is 0 Å². The van der Waals surface area contributed by atoms with Gasteiger partial charge < -0.3 is 5.11 Å². The number of rotatable bonds is 4. The van der Waals surface area contributed by atoms with E-state index in [1.54, 1.807) is 0 Å². The van der Waals surface area contributed by atoms with Gasteiger partial charge in [-0.1, -0.05) is 42.7 Å². The van der Waals surface area contributed by atoms with Gasteiger partial charge in [-0.15, -0.1) is 0 Å². The van der Waals surface area contributed by atoms with E-state index in [9.17, 15) is 5.11 Å². The smallest absolute Gasteiger partial charge is 0.0880 e. The van der Waals surface area contributed by atoms with Crippen molar-refractivity contribution >= 4 is 11.8 Å². The predicted octanol–water partition coefficient (Wildman–Crippen LogP) is 3.70. The van der Waals surface area contributed by atoms with Crippen LogP contribution in [0.2, 0.25) is 0 Å². The Kier molecular flexibility index (Phi) is 4.30. The monoisotopic (exact) mass is 236 g/mol. The van der Waals surface area contributed by atoms with E-state index in [2.05, 4.69) is 19.1 Å². The van der Waals surface area contributed by atoms with E-state index in [1.807, 2.05) is 23.9 Å². The van der Waals surface area contributed by atoms with Crippen molar-refractivity contribution in [3.8, 4) is 0 Å². The van der Waals surface area contributed by atoms with Gasteiger partial charge in [0, 0.05) is 11.0 Å². The molecule has 1 saturated carbocycles. The SMILES string of the molecule is Cc1cccc(C(O)CSC2CCCC2)c1. The minimum atomic E-state index is -0.300. The molecule has 1 atom stereocenters. The minimum Gasteiger partial charge on any atom is -0.388 e. The summed E-state index contributed by atoms with van der Waals surface area (Å²) in [4.78, 5) is 0. The van der Waals surface area contributed by atoms with Crippen molar-refractivity contribution in [3.63, 3.8) is 0 Å². The van der Waals surface area contributed by atoms with Gasteiger partial charge in [-0.3, -0.25) is 0 Å². The molecule has 0 aromatic heterocycles. The summed E-state index contributed by atoms with van der Waals surface area (Å²) in [6.45, 7) is 2.07. The number of hydrogen-bond acceptors (Lipinski definition) is 2. The predicted molar refractivity (Wildman–Crippen MR) is 70.9 cm³/mol. The van der Waals surface area contributed by atoms with Crippen LogP contribution in [0.1, 0.15) is 42.9 Å². The van der Waals surface area contributed by atoms with Crippen LogP contribution in [0.5, 0.6) is 0 Å². The van der Waals surface area contributed by atoms with Crippen LogP contribution < -0.4 is 0 Å². The molecule has 0 heterocycles. The summed E-state index contributed by atoms with van der Waals surface area (Å²) in [6.07, 6.45) is 5.12. The average molecular weight is 236 g/mol. The van der Waals surface area contributed by atoms with Crippen molar-refractivity contribution in [2.24, 2.45) is 0 Å². The molecule has 2 heteroatoms. The summed E-state index contributed by atoms with van der Waals surface area (Å²) in [7, 11) is 0. The lowest BCUT2D eigenvalue weighted by atomic mass is 10.1. The Morgan fingerprint density at radius 2 is 2.12 bits per heavy atom. The zero-order chi connectivity index (χ0) is 11.4. The minimum absolute atomic E-state index is 0.300. The molecule has 88 valence electrons. The largest absolute Gasteiger partial charge is 0.388 e. The molecule has 1 unspecified atom stereocenters. The first-order chi connectivity index (χ1) is 7.75. The van der Waals surface area contributed by atoms with Crippen molar-refractivity contribution in [2.75, 3.05) is 5.75 Å². The van der Waals surface area contributed by atoms with E-state index in [0.29, 0.717) is 0 Å². The maximum absolute atomic E-state index is 10.1. The Labute approximate surface area is 102 Å². The molecule has 0 aliphatic heterocycles. The summed E-state index contributed by atoms with van der Waals surface area (Å²) < 4.78 is 0. The van der Waals surface area contributed by atoms with Crippen LogP contribution >= 0.6 is 11.8 Å². The number of hydrogen-bond donors (Lipinski definition) is 1. The molecule has 0 spiro atoms. The molecule has 0 saturated heterocycles. The zero-order valence-electron chi connectivity index (χ0n) is 9.86. The molecule has 0 amide bonds. The number of aliphatic hydroxyl groups is 1. The fourth-order valence-corrected chi connectivity index (χ4v) is 3.57. The number of thioether (sulfide) groups is 1. The van der Waals surface area contributed by atoms with Crippen LogP contribution in [0.25, 0.3) is 0 Å². The molecule has 2 rings (SSSR count). The lowest BCUT2D eigenvalue weighted by Crippen LogP contribution is -2.05. The molecule has 0 radical (unpaired) electrons. The second-order valence-electron chi connectivity index (χ2n) is 4.67. The first kappa shape index (κ1) is 12.0. The lowest BCUT2D eigenvalue weighted by Gasteiger charge is -2.14. The molecular formula is C14H20OS. The van der Waals surface area contributed by atoms with E-state index in [0.717, 1.165) is 16.6 Å². The summed E-state index contributed by atoms with van der Waals surface area (Å²) in [6, 6.07) is 8.20. The topological polar surface area (TPSA) is 20.2 Å². The van der Waals surface area contributed by atoms with Gasteiger partial charge in [-0.05, 0) is 25.3 Å². The van der Waals surface area contributed by atoms with Gasteiger partial charge in [0.05, 0.1) is 6.10 Å². The second-order valence-corrected chi connectivity index (χ2v) is 6.00. The zero-order valence-corrected chi connectivity index (χ0v) is 10.7. The Balaban J connectivity index is 1.85. The van der Waals surface area contributed by atoms with Crippen molar-refractivity contribution in [2.45, 2.75) is 44.0 Å². The summed E-state index contributed by atoms with van der Waals surface area (Å²) in [5.41, 5.74) is 2.29. The third kappa shape index (κ3) is 3.26. The fourth-order valence-electron chi connectivity index (χ4n) is 2.26. The molecular weight excluding hydrogens is 216 g/mol. The molecule has 0 bridgehead atoms. The highest BCUT2D eigenvalue weighted by molar-refractivity contribution is 7.99. The Hall–Kier alpha value is -0.470. The number of aryl methyl sites for hydroxylation is 1. The van der Waals surface area contributed by atoms with Gasteiger partial charge >= 0.3 is 0 Å². The third-order valence-corrected chi connectivity index (χ3v) is 4.67. The first-order valence-corrected chi connectivity index (χ1v) is 7.17. The van der Waals surface area contributed by atoms with Gasteiger partial charge in [0.2, 0.25) is 0 Å². The van der Waals surface area contributed by atoms with Gasteiger partial charge in [-0.25, -0.2) is 0 Å². The van der Waals surface area contributed by atoms with Gasteiger partial charge in [0.1, 0.15) is 0 Å². The Bertz CT molecular complexity index is 331. The van der Waals surface area contributed by atoms with Crippen LogP contribution in [0.3, 0.4) is 0 Å². The van der Waals surface area contributed by atoms with Crippen LogP contribution in [-0.4, -0.2) is 16.1 Å². The van der Waals surface area contributed by atoms with Crippen molar-refractivity contribution in [1.82, 2.24) is 0 Å². The molecule has 1 nitrogen and oxygen atoms in total.